The third kappa shape index (κ3) is 3.57. The molecule has 1 fully saturated rings. The van der Waals surface area contributed by atoms with Crippen molar-refractivity contribution in [3.05, 3.63) is 53.3 Å². The Bertz CT molecular complexity index is 962. The zero-order valence-corrected chi connectivity index (χ0v) is 17.7. The molecule has 2 heterocycles. The highest BCUT2D eigenvalue weighted by atomic mass is 15.4. The summed E-state index contributed by atoms with van der Waals surface area (Å²) in [5, 5.41) is 6.05. The van der Waals surface area contributed by atoms with Crippen molar-refractivity contribution in [1.82, 2.24) is 19.7 Å². The van der Waals surface area contributed by atoms with Crippen molar-refractivity contribution < 1.29 is 0 Å². The second-order valence-corrected chi connectivity index (χ2v) is 8.89. The number of hydrogen-bond donors (Lipinski definition) is 0. The molecule has 4 heteroatoms. The minimum Gasteiger partial charge on any atom is -0.215 e. The van der Waals surface area contributed by atoms with Gasteiger partial charge in [0.25, 0.3) is 5.95 Å². The Labute approximate surface area is 168 Å². The van der Waals surface area contributed by atoms with Crippen LogP contribution in [0.5, 0.6) is 0 Å². The second-order valence-electron chi connectivity index (χ2n) is 8.89. The first-order chi connectivity index (χ1) is 13.4. The number of aromatic nitrogens is 4. The first-order valence-corrected chi connectivity index (χ1v) is 10.7. The van der Waals surface area contributed by atoms with Crippen LogP contribution in [0.4, 0.5) is 0 Å². The predicted octanol–water partition coefficient (Wildman–Crippen LogP) is 6.19. The van der Waals surface area contributed by atoms with Crippen LogP contribution in [-0.2, 0) is 0 Å². The lowest BCUT2D eigenvalue weighted by Crippen LogP contribution is -2.16. The fourth-order valence-electron chi connectivity index (χ4n) is 4.04. The highest BCUT2D eigenvalue weighted by Crippen LogP contribution is 2.37. The molecule has 3 aromatic rings. The maximum atomic E-state index is 5.09. The monoisotopic (exact) mass is 375 g/mol. The van der Waals surface area contributed by atoms with Crippen LogP contribution in [0.15, 0.2) is 30.3 Å². The number of rotatable bonds is 4. The fourth-order valence-corrected chi connectivity index (χ4v) is 4.04. The zero-order chi connectivity index (χ0) is 19.8. The summed E-state index contributed by atoms with van der Waals surface area (Å²) in [6, 6.07) is 10.6. The van der Waals surface area contributed by atoms with Gasteiger partial charge in [-0.25, -0.2) is 14.6 Å². The second kappa shape index (κ2) is 7.65. The zero-order valence-electron chi connectivity index (χ0n) is 17.7. The molecule has 0 bridgehead atoms. The molecule has 4 nitrogen and oxygen atoms in total. The predicted molar refractivity (Wildman–Crippen MR) is 115 cm³/mol. The number of nitrogens with zero attached hydrogens (tertiary/aromatic N) is 4. The SMILES string of the molecule is CC1CC[C](c2nc(-n3nc(C(C)C)cc3C(C)C)nc3ccccc23)CC1. The van der Waals surface area contributed by atoms with Gasteiger partial charge in [-0.3, -0.25) is 0 Å². The van der Waals surface area contributed by atoms with Crippen molar-refractivity contribution in [3.63, 3.8) is 0 Å². The van der Waals surface area contributed by atoms with Crippen LogP contribution in [0.25, 0.3) is 16.9 Å². The first kappa shape index (κ1) is 19.1. The number of benzene rings is 1. The van der Waals surface area contributed by atoms with Gasteiger partial charge >= 0.3 is 0 Å². The molecule has 28 heavy (non-hydrogen) atoms. The molecule has 1 aromatic carbocycles. The van der Waals surface area contributed by atoms with Crippen molar-refractivity contribution >= 4 is 10.9 Å². The van der Waals surface area contributed by atoms with E-state index < -0.39 is 0 Å². The van der Waals surface area contributed by atoms with E-state index in [1.54, 1.807) is 0 Å². The van der Waals surface area contributed by atoms with Crippen molar-refractivity contribution in [1.29, 1.82) is 0 Å². The third-order valence-corrected chi connectivity index (χ3v) is 5.93. The standard InChI is InChI=1S/C24H31N4/c1-15(2)21-14-22(16(3)4)28(27-21)24-25-20-9-7-6-8-19(20)23(26-24)18-12-10-17(5)11-13-18/h6-9,14-17H,10-13H2,1-5H3. The highest BCUT2D eigenvalue weighted by Gasteiger charge is 2.25. The van der Waals surface area contributed by atoms with Crippen LogP contribution in [0, 0.1) is 11.8 Å². The van der Waals surface area contributed by atoms with E-state index >= 15 is 0 Å². The minimum absolute atomic E-state index is 0.363. The molecule has 0 amide bonds. The van der Waals surface area contributed by atoms with E-state index in [0.717, 1.165) is 41.1 Å². The molecule has 0 aliphatic heterocycles. The van der Waals surface area contributed by atoms with Gasteiger partial charge in [-0.05, 0) is 55.6 Å². The highest BCUT2D eigenvalue weighted by molar-refractivity contribution is 5.83. The molecular weight excluding hydrogens is 344 g/mol. The van der Waals surface area contributed by atoms with Gasteiger partial charge in [0.2, 0.25) is 0 Å². The van der Waals surface area contributed by atoms with Crippen molar-refractivity contribution in [3.8, 4) is 5.95 Å². The average molecular weight is 376 g/mol. The van der Waals surface area contributed by atoms with Gasteiger partial charge in [0.15, 0.2) is 0 Å². The van der Waals surface area contributed by atoms with Gasteiger partial charge in [0.1, 0.15) is 0 Å². The minimum atomic E-state index is 0.363. The maximum Gasteiger partial charge on any atom is 0.251 e. The van der Waals surface area contributed by atoms with E-state index in [1.165, 1.54) is 24.5 Å². The van der Waals surface area contributed by atoms with E-state index in [1.807, 2.05) is 4.68 Å². The molecule has 1 radical (unpaired) electrons. The first-order valence-electron chi connectivity index (χ1n) is 10.7. The van der Waals surface area contributed by atoms with E-state index in [2.05, 4.69) is 65.0 Å². The van der Waals surface area contributed by atoms with Gasteiger partial charge in [-0.1, -0.05) is 52.8 Å². The number of fused-ring (bicyclic) bond motifs is 1. The summed E-state index contributed by atoms with van der Waals surface area (Å²) in [6.45, 7) is 11.1. The van der Waals surface area contributed by atoms with Crippen LogP contribution in [-0.4, -0.2) is 19.7 Å². The lowest BCUT2D eigenvalue weighted by Gasteiger charge is -2.26. The molecule has 4 rings (SSSR count). The van der Waals surface area contributed by atoms with Gasteiger partial charge in [0, 0.05) is 11.3 Å². The van der Waals surface area contributed by atoms with Gasteiger partial charge in [-0.2, -0.15) is 5.10 Å². The Kier molecular flexibility index (Phi) is 5.22. The Morgan fingerprint density at radius 1 is 0.964 bits per heavy atom. The summed E-state index contributed by atoms with van der Waals surface area (Å²) in [4.78, 5) is 10.00. The van der Waals surface area contributed by atoms with Crippen LogP contribution >= 0.6 is 0 Å². The molecule has 0 saturated heterocycles. The van der Waals surface area contributed by atoms with Crippen LogP contribution in [0.1, 0.15) is 89.2 Å². The lowest BCUT2D eigenvalue weighted by molar-refractivity contribution is 0.415. The Morgan fingerprint density at radius 3 is 2.36 bits per heavy atom. The number of hydrogen-bond acceptors (Lipinski definition) is 3. The summed E-state index contributed by atoms with van der Waals surface area (Å²) < 4.78 is 1.97. The van der Waals surface area contributed by atoms with Crippen LogP contribution in [0.2, 0.25) is 0 Å². The fraction of sp³-hybridized carbons (Fsp3) is 0.500. The van der Waals surface area contributed by atoms with Gasteiger partial charge in [0.05, 0.1) is 22.6 Å². The summed E-state index contributed by atoms with van der Waals surface area (Å²) in [5.41, 5.74) is 4.40. The molecule has 0 spiro atoms. The smallest absolute Gasteiger partial charge is 0.215 e. The topological polar surface area (TPSA) is 43.6 Å². The van der Waals surface area contributed by atoms with Gasteiger partial charge in [-0.15, -0.1) is 0 Å². The van der Waals surface area contributed by atoms with Crippen LogP contribution in [0.3, 0.4) is 0 Å². The Hall–Kier alpha value is -2.23. The largest absolute Gasteiger partial charge is 0.251 e. The Morgan fingerprint density at radius 2 is 1.68 bits per heavy atom. The normalized spacial score (nSPS) is 16.5. The van der Waals surface area contributed by atoms with Crippen molar-refractivity contribution in [2.24, 2.45) is 5.92 Å². The summed E-state index contributed by atoms with van der Waals surface area (Å²) >= 11 is 0. The summed E-state index contributed by atoms with van der Waals surface area (Å²) in [5.74, 6) is 3.73. The van der Waals surface area contributed by atoms with Crippen molar-refractivity contribution in [2.75, 3.05) is 0 Å². The lowest BCUT2D eigenvalue weighted by atomic mass is 9.80. The summed E-state index contributed by atoms with van der Waals surface area (Å²) in [7, 11) is 0. The molecule has 147 valence electrons. The number of para-hydroxylation sites is 1. The van der Waals surface area contributed by atoms with Crippen LogP contribution < -0.4 is 0 Å². The molecule has 0 N–H and O–H groups in total. The summed E-state index contributed by atoms with van der Waals surface area (Å²) in [6.07, 6.45) is 4.77. The molecular formula is C24H31N4. The maximum absolute atomic E-state index is 5.09. The van der Waals surface area contributed by atoms with E-state index in [0.29, 0.717) is 17.8 Å². The van der Waals surface area contributed by atoms with E-state index in [4.69, 9.17) is 15.1 Å². The van der Waals surface area contributed by atoms with E-state index in [-0.39, 0.29) is 0 Å². The van der Waals surface area contributed by atoms with E-state index in [9.17, 15) is 0 Å². The molecule has 0 unspecified atom stereocenters. The van der Waals surface area contributed by atoms with Gasteiger partial charge < -0.3 is 0 Å². The quantitative estimate of drug-likeness (QED) is 0.545. The average Bonchev–Trinajstić information content (AvgIpc) is 3.14. The molecule has 2 aromatic heterocycles. The molecule has 1 aliphatic carbocycles. The molecule has 0 atom stereocenters. The Balaban J connectivity index is 1.87. The third-order valence-electron chi connectivity index (χ3n) is 5.93. The van der Waals surface area contributed by atoms with Crippen molar-refractivity contribution in [2.45, 2.75) is 72.1 Å². The molecule has 1 aliphatic rings. The molecule has 1 saturated carbocycles.